The van der Waals surface area contributed by atoms with Gasteiger partial charge in [0.05, 0.1) is 18.4 Å². The van der Waals surface area contributed by atoms with Crippen LogP contribution in [-0.2, 0) is 11.5 Å². The summed E-state index contributed by atoms with van der Waals surface area (Å²) in [5.74, 6) is 0.810. The molecule has 0 spiro atoms. The van der Waals surface area contributed by atoms with Crippen LogP contribution in [0, 0.1) is 5.92 Å². The zero-order chi connectivity index (χ0) is 15.1. The zero-order valence-corrected chi connectivity index (χ0v) is 13.5. The smallest absolute Gasteiger partial charge is 0.224 e. The largest absolute Gasteiger partial charge is 0.324 e. The molecule has 3 heterocycles. The Morgan fingerprint density at radius 3 is 3.05 bits per heavy atom. The number of carbonyl (C=O) groups is 1. The Kier molecular flexibility index (Phi) is 3.37. The minimum atomic E-state index is 0.286. The first-order valence-corrected chi connectivity index (χ1v) is 8.64. The van der Waals surface area contributed by atoms with Gasteiger partial charge in [-0.3, -0.25) is 4.79 Å². The van der Waals surface area contributed by atoms with Gasteiger partial charge < -0.3 is 9.47 Å². The van der Waals surface area contributed by atoms with E-state index < -0.39 is 0 Å². The van der Waals surface area contributed by atoms with Gasteiger partial charge in [0.15, 0.2) is 0 Å². The monoisotopic (exact) mass is 313 g/mol. The molecule has 0 saturated carbocycles. The highest BCUT2D eigenvalue weighted by Crippen LogP contribution is 2.32. The maximum Gasteiger partial charge on any atom is 0.224 e. The summed E-state index contributed by atoms with van der Waals surface area (Å²) in [6.07, 6.45) is 4.94. The average Bonchev–Trinajstić information content (AvgIpc) is 3.18. The topological polar surface area (TPSA) is 38.1 Å². The Labute approximate surface area is 133 Å². The van der Waals surface area contributed by atoms with Gasteiger partial charge in [-0.2, -0.15) is 4.37 Å². The first-order valence-electron chi connectivity index (χ1n) is 7.87. The number of rotatable bonds is 4. The van der Waals surface area contributed by atoms with E-state index in [1.54, 1.807) is 0 Å². The minimum Gasteiger partial charge on any atom is -0.324 e. The number of hydrogen-bond acceptors (Lipinski definition) is 3. The van der Waals surface area contributed by atoms with Gasteiger partial charge in [0, 0.05) is 23.7 Å². The molecule has 22 heavy (non-hydrogen) atoms. The third-order valence-electron chi connectivity index (χ3n) is 4.59. The van der Waals surface area contributed by atoms with Crippen LogP contribution < -0.4 is 0 Å². The van der Waals surface area contributed by atoms with Gasteiger partial charge in [-0.1, -0.05) is 31.5 Å². The number of hydrogen-bond donors (Lipinski definition) is 0. The molecule has 1 aromatic carbocycles. The summed E-state index contributed by atoms with van der Waals surface area (Å²) in [4.78, 5) is 15.5. The van der Waals surface area contributed by atoms with Gasteiger partial charge in [0.2, 0.25) is 5.91 Å². The van der Waals surface area contributed by atoms with Crippen molar-refractivity contribution < 1.29 is 4.79 Å². The van der Waals surface area contributed by atoms with Gasteiger partial charge in [-0.05, 0) is 29.9 Å². The molecule has 1 unspecified atom stereocenters. The maximum absolute atomic E-state index is 12.3. The fourth-order valence-electron chi connectivity index (χ4n) is 3.56. The number of amides is 1. The van der Waals surface area contributed by atoms with Gasteiger partial charge in [0.25, 0.3) is 0 Å². The summed E-state index contributed by atoms with van der Waals surface area (Å²) >= 11 is 1.51. The lowest BCUT2D eigenvalue weighted by molar-refractivity contribution is -0.129. The van der Waals surface area contributed by atoms with Crippen molar-refractivity contribution in [2.45, 2.75) is 32.9 Å². The van der Waals surface area contributed by atoms with Crippen molar-refractivity contribution in [3.05, 3.63) is 30.5 Å². The highest BCUT2D eigenvalue weighted by molar-refractivity contribution is 7.13. The molecule has 2 aromatic heterocycles. The van der Waals surface area contributed by atoms with Crippen LogP contribution in [0.1, 0.15) is 26.2 Å². The van der Waals surface area contributed by atoms with E-state index >= 15 is 0 Å². The summed E-state index contributed by atoms with van der Waals surface area (Å²) in [7, 11) is 0. The molecule has 0 N–H and O–H groups in total. The van der Waals surface area contributed by atoms with Gasteiger partial charge >= 0.3 is 0 Å². The molecule has 4 nitrogen and oxygen atoms in total. The van der Waals surface area contributed by atoms with E-state index in [0.717, 1.165) is 24.2 Å². The summed E-state index contributed by atoms with van der Waals surface area (Å²) < 4.78 is 6.57. The number of benzene rings is 1. The van der Waals surface area contributed by atoms with Crippen LogP contribution in [0.3, 0.4) is 0 Å². The molecule has 114 valence electrons. The molecule has 1 saturated heterocycles. The van der Waals surface area contributed by atoms with Crippen molar-refractivity contribution in [1.82, 2.24) is 13.8 Å². The Morgan fingerprint density at radius 1 is 1.32 bits per heavy atom. The van der Waals surface area contributed by atoms with Crippen molar-refractivity contribution in [3.8, 4) is 0 Å². The first-order chi connectivity index (χ1) is 10.8. The summed E-state index contributed by atoms with van der Waals surface area (Å²) in [5, 5.41) is 2.42. The highest BCUT2D eigenvalue weighted by atomic mass is 32.1. The summed E-state index contributed by atoms with van der Waals surface area (Å²) in [6.45, 7) is 3.72. The number of likely N-dealkylation sites (tertiary alicyclic amines) is 1. The Bertz CT molecular complexity index is 835. The third-order valence-corrected chi connectivity index (χ3v) is 5.41. The van der Waals surface area contributed by atoms with E-state index in [1.165, 1.54) is 27.8 Å². The molecule has 1 amide bonds. The molecule has 0 bridgehead atoms. The second-order valence-electron chi connectivity index (χ2n) is 6.11. The quantitative estimate of drug-likeness (QED) is 0.733. The Morgan fingerprint density at radius 2 is 2.18 bits per heavy atom. The number of nitrogens with zero attached hydrogens (tertiary/aromatic N) is 3. The Hall–Kier alpha value is -1.88. The molecule has 1 fully saturated rings. The van der Waals surface area contributed by atoms with E-state index in [2.05, 4.69) is 40.1 Å². The van der Waals surface area contributed by atoms with Crippen LogP contribution in [-0.4, -0.2) is 26.3 Å². The van der Waals surface area contributed by atoms with E-state index in [0.29, 0.717) is 19.0 Å². The zero-order valence-electron chi connectivity index (χ0n) is 12.7. The van der Waals surface area contributed by atoms with E-state index in [-0.39, 0.29) is 5.91 Å². The fraction of sp³-hybridized carbons (Fsp3) is 0.412. The predicted octanol–water partition coefficient (Wildman–Crippen LogP) is 3.86. The lowest BCUT2D eigenvalue weighted by Crippen LogP contribution is -2.27. The summed E-state index contributed by atoms with van der Waals surface area (Å²) in [6, 6.07) is 8.38. The molecular weight excluding hydrogens is 294 g/mol. The minimum absolute atomic E-state index is 0.286. The van der Waals surface area contributed by atoms with Gasteiger partial charge in [-0.15, -0.1) is 0 Å². The number of carbonyl (C=O) groups excluding carboxylic acids is 1. The van der Waals surface area contributed by atoms with Gasteiger partial charge in [0.1, 0.15) is 4.83 Å². The third kappa shape index (κ3) is 2.11. The number of aromatic nitrogens is 2. The number of fused-ring (bicyclic) bond motifs is 3. The van der Waals surface area contributed by atoms with E-state index in [1.807, 2.05) is 11.1 Å². The summed E-state index contributed by atoms with van der Waals surface area (Å²) in [5.41, 5.74) is 1.19. The first kappa shape index (κ1) is 13.8. The van der Waals surface area contributed by atoms with Crippen molar-refractivity contribution in [1.29, 1.82) is 0 Å². The van der Waals surface area contributed by atoms with Crippen molar-refractivity contribution in [2.75, 3.05) is 6.54 Å². The molecule has 0 radical (unpaired) electrons. The van der Waals surface area contributed by atoms with Crippen molar-refractivity contribution >= 4 is 38.6 Å². The second kappa shape index (κ2) is 5.39. The van der Waals surface area contributed by atoms with E-state index in [4.69, 9.17) is 0 Å². The lowest BCUT2D eigenvalue weighted by atomic mass is 10.0. The highest BCUT2D eigenvalue weighted by Gasteiger charge is 2.29. The molecular formula is C17H19N3OS. The number of para-hydroxylation sites is 1. The van der Waals surface area contributed by atoms with Crippen LogP contribution in [0.4, 0.5) is 0 Å². The molecule has 4 rings (SSSR count). The molecule has 3 aromatic rings. The SMILES string of the molecule is CCCC1CC(=O)N(Cn2c3ccccc3c3cnsc32)C1. The average molecular weight is 313 g/mol. The van der Waals surface area contributed by atoms with Crippen molar-refractivity contribution in [2.24, 2.45) is 5.92 Å². The van der Waals surface area contributed by atoms with Crippen LogP contribution in [0.5, 0.6) is 0 Å². The van der Waals surface area contributed by atoms with Gasteiger partial charge in [-0.25, -0.2) is 0 Å². The van der Waals surface area contributed by atoms with Crippen LogP contribution in [0.25, 0.3) is 21.1 Å². The lowest BCUT2D eigenvalue weighted by Gasteiger charge is -2.18. The van der Waals surface area contributed by atoms with E-state index in [9.17, 15) is 4.79 Å². The standard InChI is InChI=1S/C17H19N3OS/c1-2-5-12-8-16(21)19(10-12)11-20-15-7-4-3-6-13(15)14-9-18-22-17(14)20/h3-4,6-7,9,12H,2,5,8,10-11H2,1H3. The predicted molar refractivity (Wildman–Crippen MR) is 89.8 cm³/mol. The fourth-order valence-corrected chi connectivity index (χ4v) is 4.34. The molecule has 1 aliphatic heterocycles. The maximum atomic E-state index is 12.3. The molecule has 1 atom stereocenters. The molecule has 1 aliphatic rings. The molecule has 0 aliphatic carbocycles. The van der Waals surface area contributed by atoms with Crippen LogP contribution >= 0.6 is 11.5 Å². The van der Waals surface area contributed by atoms with Crippen molar-refractivity contribution in [3.63, 3.8) is 0 Å². The normalized spacial score (nSPS) is 18.9. The van der Waals surface area contributed by atoms with Crippen LogP contribution in [0.15, 0.2) is 30.5 Å². The Balaban J connectivity index is 1.71. The van der Waals surface area contributed by atoms with Crippen LogP contribution in [0.2, 0.25) is 0 Å². The second-order valence-corrected chi connectivity index (χ2v) is 6.89. The molecule has 5 heteroatoms.